The zero-order valence-corrected chi connectivity index (χ0v) is 10.8. The van der Waals surface area contributed by atoms with Gasteiger partial charge in [0.1, 0.15) is 0 Å². The van der Waals surface area contributed by atoms with Crippen molar-refractivity contribution in [2.75, 3.05) is 32.8 Å². The number of hydrogen-bond acceptors (Lipinski definition) is 4. The first-order valence-electron chi connectivity index (χ1n) is 7.09. The van der Waals surface area contributed by atoms with Crippen LogP contribution in [0.4, 0.5) is 0 Å². The van der Waals surface area contributed by atoms with Crippen LogP contribution in [0.15, 0.2) is 0 Å². The predicted molar refractivity (Wildman–Crippen MR) is 68.0 cm³/mol. The van der Waals surface area contributed by atoms with Crippen LogP contribution in [0, 0.1) is 11.8 Å². The molecule has 1 amide bonds. The molecule has 0 radical (unpaired) electrons. The molecule has 3 unspecified atom stereocenters. The van der Waals surface area contributed by atoms with E-state index in [2.05, 4.69) is 10.2 Å². The topological polar surface area (TPSA) is 67.6 Å². The van der Waals surface area contributed by atoms with Crippen LogP contribution >= 0.6 is 0 Å². The number of hydrogen-bond donors (Lipinski definition) is 2. The molecular weight excluding hydrogens is 230 g/mol. The molecule has 0 aromatic heterocycles. The van der Waals surface area contributed by atoms with Crippen LogP contribution < -0.4 is 11.1 Å². The Kier molecular flexibility index (Phi) is 3.54. The number of nitrogens with one attached hydrogen (secondary N) is 1. The molecule has 0 bridgehead atoms. The smallest absolute Gasteiger partial charge is 0.227 e. The number of likely N-dealkylation sites (tertiary alicyclic amines) is 1. The molecule has 2 heterocycles. The normalized spacial score (nSPS) is 37.1. The van der Waals surface area contributed by atoms with Crippen molar-refractivity contribution in [2.24, 2.45) is 17.6 Å². The van der Waals surface area contributed by atoms with Gasteiger partial charge in [-0.2, -0.15) is 0 Å². The summed E-state index contributed by atoms with van der Waals surface area (Å²) in [5.41, 5.74) is 5.84. The molecule has 3 fully saturated rings. The molecule has 0 aromatic carbocycles. The third-order valence-electron chi connectivity index (χ3n) is 4.41. The maximum Gasteiger partial charge on any atom is 0.227 e. The molecule has 2 saturated heterocycles. The number of ether oxygens (including phenoxy) is 1. The average molecular weight is 253 g/mol. The molecule has 5 nitrogen and oxygen atoms in total. The molecule has 2 aliphatic heterocycles. The second-order valence-corrected chi connectivity index (χ2v) is 5.93. The molecule has 1 aliphatic carbocycles. The van der Waals surface area contributed by atoms with Crippen molar-refractivity contribution >= 4 is 5.91 Å². The zero-order valence-electron chi connectivity index (χ0n) is 10.8. The Morgan fingerprint density at radius 1 is 1.33 bits per heavy atom. The van der Waals surface area contributed by atoms with Gasteiger partial charge in [0.25, 0.3) is 0 Å². The minimum absolute atomic E-state index is 0.0740. The van der Waals surface area contributed by atoms with Crippen molar-refractivity contribution in [1.29, 1.82) is 0 Å². The molecule has 18 heavy (non-hydrogen) atoms. The van der Waals surface area contributed by atoms with Crippen molar-refractivity contribution in [3.05, 3.63) is 0 Å². The standard InChI is InChI=1S/C13H23N3O2/c14-12-8-18-7-11(12)13(17)15-5-9-3-4-16(6-9)10-1-2-10/h9-12H,1-8,14H2,(H,15,17). The number of amides is 1. The maximum atomic E-state index is 12.0. The molecule has 102 valence electrons. The molecular formula is C13H23N3O2. The van der Waals surface area contributed by atoms with E-state index >= 15 is 0 Å². The van der Waals surface area contributed by atoms with Crippen molar-refractivity contribution in [3.8, 4) is 0 Å². The van der Waals surface area contributed by atoms with Crippen LogP contribution in [0.1, 0.15) is 19.3 Å². The summed E-state index contributed by atoms with van der Waals surface area (Å²) in [6.07, 6.45) is 3.95. The summed E-state index contributed by atoms with van der Waals surface area (Å²) in [7, 11) is 0. The Balaban J connectivity index is 1.40. The Morgan fingerprint density at radius 3 is 2.83 bits per heavy atom. The lowest BCUT2D eigenvalue weighted by atomic mass is 10.0. The second kappa shape index (κ2) is 5.15. The highest BCUT2D eigenvalue weighted by atomic mass is 16.5. The average Bonchev–Trinajstić information content (AvgIpc) is 2.95. The van der Waals surface area contributed by atoms with Crippen molar-refractivity contribution in [1.82, 2.24) is 10.2 Å². The monoisotopic (exact) mass is 253 g/mol. The third kappa shape index (κ3) is 2.68. The number of carbonyl (C=O) groups excluding carboxylic acids is 1. The van der Waals surface area contributed by atoms with E-state index in [1.54, 1.807) is 0 Å². The fraction of sp³-hybridized carbons (Fsp3) is 0.923. The van der Waals surface area contributed by atoms with Gasteiger partial charge in [-0.25, -0.2) is 0 Å². The van der Waals surface area contributed by atoms with Gasteiger partial charge in [0.2, 0.25) is 5.91 Å². The van der Waals surface area contributed by atoms with Gasteiger partial charge in [-0.3, -0.25) is 4.79 Å². The van der Waals surface area contributed by atoms with E-state index in [4.69, 9.17) is 10.5 Å². The van der Waals surface area contributed by atoms with E-state index in [1.807, 2.05) is 0 Å². The Bertz CT molecular complexity index is 319. The van der Waals surface area contributed by atoms with Gasteiger partial charge in [-0.15, -0.1) is 0 Å². The minimum Gasteiger partial charge on any atom is -0.379 e. The van der Waals surface area contributed by atoms with Gasteiger partial charge in [-0.1, -0.05) is 0 Å². The molecule has 3 rings (SSSR count). The van der Waals surface area contributed by atoms with Gasteiger partial charge in [0.05, 0.1) is 19.1 Å². The zero-order chi connectivity index (χ0) is 12.5. The minimum atomic E-state index is -0.147. The van der Waals surface area contributed by atoms with Crippen molar-refractivity contribution < 1.29 is 9.53 Å². The van der Waals surface area contributed by atoms with Gasteiger partial charge in [0, 0.05) is 25.2 Å². The fourth-order valence-corrected chi connectivity index (χ4v) is 3.02. The number of rotatable bonds is 4. The summed E-state index contributed by atoms with van der Waals surface area (Å²) in [4.78, 5) is 14.5. The summed E-state index contributed by atoms with van der Waals surface area (Å²) in [5.74, 6) is 0.545. The predicted octanol–water partition coefficient (Wildman–Crippen LogP) is -0.439. The number of nitrogens with zero attached hydrogens (tertiary/aromatic N) is 1. The lowest BCUT2D eigenvalue weighted by Crippen LogP contribution is -2.42. The maximum absolute atomic E-state index is 12.0. The quantitative estimate of drug-likeness (QED) is 0.713. The van der Waals surface area contributed by atoms with Crippen LogP contribution in [0.3, 0.4) is 0 Å². The van der Waals surface area contributed by atoms with Gasteiger partial charge in [-0.05, 0) is 31.7 Å². The third-order valence-corrected chi connectivity index (χ3v) is 4.41. The first-order chi connectivity index (χ1) is 8.74. The van der Waals surface area contributed by atoms with Crippen molar-refractivity contribution in [2.45, 2.75) is 31.3 Å². The van der Waals surface area contributed by atoms with Crippen LogP contribution in [0.2, 0.25) is 0 Å². The Hall–Kier alpha value is -0.650. The first kappa shape index (κ1) is 12.4. The summed E-state index contributed by atoms with van der Waals surface area (Å²) in [5, 5.41) is 3.05. The van der Waals surface area contributed by atoms with Crippen molar-refractivity contribution in [3.63, 3.8) is 0 Å². The first-order valence-corrected chi connectivity index (χ1v) is 7.09. The summed E-state index contributed by atoms with van der Waals surface area (Å²) < 4.78 is 5.23. The summed E-state index contributed by atoms with van der Waals surface area (Å²) in [6.45, 7) is 4.14. The highest BCUT2D eigenvalue weighted by Crippen LogP contribution is 2.31. The highest BCUT2D eigenvalue weighted by molar-refractivity contribution is 5.79. The van der Waals surface area contributed by atoms with Gasteiger partial charge >= 0.3 is 0 Å². The van der Waals surface area contributed by atoms with Crippen LogP contribution in [0.25, 0.3) is 0 Å². The Labute approximate surface area is 108 Å². The SMILES string of the molecule is NC1COCC1C(=O)NCC1CCN(C2CC2)C1. The van der Waals surface area contributed by atoms with E-state index in [9.17, 15) is 4.79 Å². The summed E-state index contributed by atoms with van der Waals surface area (Å²) >= 11 is 0. The molecule has 3 N–H and O–H groups in total. The summed E-state index contributed by atoms with van der Waals surface area (Å²) in [6, 6.07) is 0.721. The number of carbonyl (C=O) groups is 1. The van der Waals surface area contributed by atoms with Crippen LogP contribution in [0.5, 0.6) is 0 Å². The second-order valence-electron chi connectivity index (χ2n) is 5.93. The van der Waals surface area contributed by atoms with E-state index in [0.717, 1.165) is 19.1 Å². The van der Waals surface area contributed by atoms with Crippen LogP contribution in [-0.4, -0.2) is 55.7 Å². The fourth-order valence-electron chi connectivity index (χ4n) is 3.02. The molecule has 0 aromatic rings. The molecule has 5 heteroatoms. The lowest BCUT2D eigenvalue weighted by Gasteiger charge is -2.17. The molecule has 0 spiro atoms. The van der Waals surface area contributed by atoms with E-state index < -0.39 is 0 Å². The van der Waals surface area contributed by atoms with Gasteiger partial charge in [0.15, 0.2) is 0 Å². The largest absolute Gasteiger partial charge is 0.379 e. The van der Waals surface area contributed by atoms with E-state index in [-0.39, 0.29) is 17.9 Å². The lowest BCUT2D eigenvalue weighted by molar-refractivity contribution is -0.125. The number of nitrogens with two attached hydrogens (primary N) is 1. The van der Waals surface area contributed by atoms with Crippen LogP contribution in [-0.2, 0) is 9.53 Å². The Morgan fingerprint density at radius 2 is 2.17 bits per heavy atom. The molecule has 3 aliphatic rings. The van der Waals surface area contributed by atoms with Gasteiger partial charge < -0.3 is 20.7 Å². The molecule has 1 saturated carbocycles. The van der Waals surface area contributed by atoms with E-state index in [0.29, 0.717) is 19.1 Å². The van der Waals surface area contributed by atoms with E-state index in [1.165, 1.54) is 25.8 Å². The highest BCUT2D eigenvalue weighted by Gasteiger charge is 2.35. The molecule has 3 atom stereocenters.